The van der Waals surface area contributed by atoms with Crippen molar-refractivity contribution in [2.24, 2.45) is 0 Å². The van der Waals surface area contributed by atoms with Crippen LogP contribution in [0, 0.1) is 11.2 Å². The average molecular weight is 228 g/mol. The smallest absolute Gasteiger partial charge is 0.0488 e. The number of hydrogen-bond acceptors (Lipinski definition) is 1. The van der Waals surface area contributed by atoms with E-state index in [0.717, 1.165) is 5.56 Å². The Bertz CT molecular complexity index is 396. The lowest BCUT2D eigenvalue weighted by atomic mass is 10.2. The van der Waals surface area contributed by atoms with E-state index in [1.807, 2.05) is 6.07 Å². The highest BCUT2D eigenvalue weighted by atomic mass is 35.5. The molecule has 1 nitrogen and oxygen atoms in total. The van der Waals surface area contributed by atoms with Gasteiger partial charge in [0.25, 0.3) is 0 Å². The number of nitrogens with two attached hydrogens (primary N) is 1. The van der Waals surface area contributed by atoms with Crippen molar-refractivity contribution in [1.82, 2.24) is 0 Å². The molecule has 0 heterocycles. The van der Waals surface area contributed by atoms with E-state index in [1.165, 1.54) is 0 Å². The van der Waals surface area contributed by atoms with E-state index >= 15 is 0 Å². The van der Waals surface area contributed by atoms with Crippen molar-refractivity contribution in [3.63, 3.8) is 0 Å². The minimum absolute atomic E-state index is 0.647. The standard InChI is InChI=1S/C11H14ClNS/c1-14(2,3)7-6-9-4-5-10(12)8-11(9)13/h4-5,8H,13H2,1-3H3. The van der Waals surface area contributed by atoms with Gasteiger partial charge in [0, 0.05) is 16.3 Å². The number of halogens is 1. The summed E-state index contributed by atoms with van der Waals surface area (Å²) in [7, 11) is -0.799. The summed E-state index contributed by atoms with van der Waals surface area (Å²) in [5.74, 6) is 3.08. The molecule has 0 aromatic heterocycles. The summed E-state index contributed by atoms with van der Waals surface area (Å²) >= 11 is 5.78. The molecule has 1 aromatic carbocycles. The zero-order chi connectivity index (χ0) is 10.8. The third-order valence-corrected chi connectivity index (χ3v) is 2.46. The number of anilines is 1. The van der Waals surface area contributed by atoms with Gasteiger partial charge < -0.3 is 5.73 Å². The average Bonchev–Trinajstić information content (AvgIpc) is 2.00. The van der Waals surface area contributed by atoms with Crippen LogP contribution in [0.15, 0.2) is 18.2 Å². The van der Waals surface area contributed by atoms with Crippen molar-refractivity contribution in [2.75, 3.05) is 24.5 Å². The van der Waals surface area contributed by atoms with Gasteiger partial charge in [0.05, 0.1) is 0 Å². The van der Waals surface area contributed by atoms with Crippen LogP contribution in [0.25, 0.3) is 0 Å². The van der Waals surface area contributed by atoms with Gasteiger partial charge in [-0.3, -0.25) is 0 Å². The largest absolute Gasteiger partial charge is 0.398 e. The molecule has 1 rings (SSSR count). The van der Waals surface area contributed by atoms with Crippen molar-refractivity contribution in [2.45, 2.75) is 0 Å². The first-order valence-corrected chi connectivity index (χ1v) is 7.38. The fourth-order valence-corrected chi connectivity index (χ4v) is 1.45. The van der Waals surface area contributed by atoms with E-state index in [-0.39, 0.29) is 0 Å². The number of nitrogen functional groups attached to an aromatic ring is 1. The summed E-state index contributed by atoms with van der Waals surface area (Å²) in [4.78, 5) is 0. The summed E-state index contributed by atoms with van der Waals surface area (Å²) in [5.41, 5.74) is 7.28. The summed E-state index contributed by atoms with van der Waals surface area (Å²) in [5, 5.41) is 3.86. The molecular formula is C11H14ClNS. The maximum absolute atomic E-state index is 5.78. The van der Waals surface area contributed by atoms with Crippen molar-refractivity contribution in [1.29, 1.82) is 0 Å². The first kappa shape index (κ1) is 11.3. The van der Waals surface area contributed by atoms with Crippen molar-refractivity contribution in [3.8, 4) is 11.2 Å². The fourth-order valence-electron chi connectivity index (χ4n) is 0.855. The van der Waals surface area contributed by atoms with Gasteiger partial charge in [0.1, 0.15) is 0 Å². The minimum atomic E-state index is -0.799. The lowest BCUT2D eigenvalue weighted by Crippen LogP contribution is -1.90. The maximum atomic E-state index is 5.78. The fraction of sp³-hybridized carbons (Fsp3) is 0.273. The molecule has 0 radical (unpaired) electrons. The normalized spacial score (nSPS) is 11.7. The molecule has 1 aromatic rings. The Labute approximate surface area is 92.0 Å². The highest BCUT2D eigenvalue weighted by Crippen LogP contribution is 2.32. The van der Waals surface area contributed by atoms with Crippen LogP contribution in [-0.4, -0.2) is 18.8 Å². The van der Waals surface area contributed by atoms with Crippen LogP contribution in [-0.2, 0) is 0 Å². The van der Waals surface area contributed by atoms with E-state index in [0.29, 0.717) is 10.7 Å². The SMILES string of the molecule is CS(C)(C)C#Cc1ccc(Cl)cc1N. The quantitative estimate of drug-likeness (QED) is 0.535. The summed E-state index contributed by atoms with van der Waals surface area (Å²) in [6.45, 7) is 0. The Morgan fingerprint density at radius 2 is 1.93 bits per heavy atom. The first-order chi connectivity index (χ1) is 6.38. The molecule has 0 atom stereocenters. The predicted molar refractivity (Wildman–Crippen MR) is 68.1 cm³/mol. The topological polar surface area (TPSA) is 26.0 Å². The minimum Gasteiger partial charge on any atom is -0.398 e. The van der Waals surface area contributed by atoms with Crippen molar-refractivity contribution >= 4 is 27.3 Å². The van der Waals surface area contributed by atoms with Crippen LogP contribution in [0.5, 0.6) is 0 Å². The Kier molecular flexibility index (Phi) is 3.36. The van der Waals surface area contributed by atoms with Gasteiger partial charge in [-0.05, 0) is 42.2 Å². The summed E-state index contributed by atoms with van der Waals surface area (Å²) < 4.78 is 0. The second-order valence-corrected chi connectivity index (χ2v) is 8.11. The van der Waals surface area contributed by atoms with Crippen LogP contribution in [0.3, 0.4) is 0 Å². The highest BCUT2D eigenvalue weighted by molar-refractivity contribution is 8.35. The van der Waals surface area contributed by atoms with E-state index < -0.39 is 10.0 Å². The van der Waals surface area contributed by atoms with Gasteiger partial charge in [0.2, 0.25) is 0 Å². The molecule has 14 heavy (non-hydrogen) atoms. The van der Waals surface area contributed by atoms with Gasteiger partial charge in [-0.25, -0.2) is 0 Å². The van der Waals surface area contributed by atoms with Crippen LogP contribution in [0.4, 0.5) is 5.69 Å². The molecule has 0 amide bonds. The van der Waals surface area contributed by atoms with Gasteiger partial charge >= 0.3 is 0 Å². The van der Waals surface area contributed by atoms with Crippen LogP contribution < -0.4 is 5.73 Å². The van der Waals surface area contributed by atoms with Gasteiger partial charge in [-0.15, -0.1) is 0 Å². The molecule has 0 fully saturated rings. The van der Waals surface area contributed by atoms with E-state index in [9.17, 15) is 0 Å². The molecule has 0 saturated carbocycles. The van der Waals surface area contributed by atoms with Crippen molar-refractivity contribution < 1.29 is 0 Å². The van der Waals surface area contributed by atoms with Gasteiger partial charge in [-0.1, -0.05) is 17.5 Å². The maximum Gasteiger partial charge on any atom is 0.0488 e. The molecule has 0 bridgehead atoms. The lowest BCUT2D eigenvalue weighted by Gasteiger charge is -2.14. The molecule has 76 valence electrons. The Morgan fingerprint density at radius 1 is 1.29 bits per heavy atom. The molecule has 0 unspecified atom stereocenters. The second-order valence-electron chi connectivity index (χ2n) is 3.80. The number of rotatable bonds is 0. The van der Waals surface area contributed by atoms with E-state index in [4.69, 9.17) is 17.3 Å². The van der Waals surface area contributed by atoms with Crippen LogP contribution in [0.2, 0.25) is 5.02 Å². The Morgan fingerprint density at radius 3 is 2.43 bits per heavy atom. The van der Waals surface area contributed by atoms with E-state index in [1.54, 1.807) is 12.1 Å². The molecule has 0 aliphatic carbocycles. The number of hydrogen-bond donors (Lipinski definition) is 1. The van der Waals surface area contributed by atoms with Crippen LogP contribution >= 0.6 is 21.6 Å². The van der Waals surface area contributed by atoms with Gasteiger partial charge in [0.15, 0.2) is 0 Å². The molecule has 0 aliphatic rings. The predicted octanol–water partition coefficient (Wildman–Crippen LogP) is 2.93. The Hall–Kier alpha value is -0.780. The molecule has 3 heteroatoms. The summed E-state index contributed by atoms with van der Waals surface area (Å²) in [6, 6.07) is 5.39. The van der Waals surface area contributed by atoms with Gasteiger partial charge in [-0.2, -0.15) is 10.0 Å². The third-order valence-electron chi connectivity index (χ3n) is 1.51. The molecule has 2 N–H and O–H groups in total. The molecule has 0 saturated heterocycles. The molecular weight excluding hydrogens is 214 g/mol. The van der Waals surface area contributed by atoms with Crippen molar-refractivity contribution in [3.05, 3.63) is 28.8 Å². The highest BCUT2D eigenvalue weighted by Gasteiger charge is 1.99. The molecule has 0 spiro atoms. The summed E-state index contributed by atoms with van der Waals surface area (Å²) in [6.07, 6.45) is 6.43. The van der Waals surface area contributed by atoms with Crippen LogP contribution in [0.1, 0.15) is 5.56 Å². The number of benzene rings is 1. The zero-order valence-corrected chi connectivity index (χ0v) is 10.2. The van der Waals surface area contributed by atoms with E-state index in [2.05, 4.69) is 29.9 Å². The third kappa shape index (κ3) is 3.53. The zero-order valence-electron chi connectivity index (χ0n) is 8.60. The monoisotopic (exact) mass is 227 g/mol. The Balaban J connectivity index is 3.02. The lowest BCUT2D eigenvalue weighted by molar-refractivity contribution is 1.63. The first-order valence-electron chi connectivity index (χ1n) is 4.14. The molecule has 0 aliphatic heterocycles. The second kappa shape index (κ2) is 4.16.